The summed E-state index contributed by atoms with van der Waals surface area (Å²) in [5, 5.41) is 6.88. The van der Waals surface area contributed by atoms with Gasteiger partial charge in [0.25, 0.3) is 0 Å². The van der Waals surface area contributed by atoms with Gasteiger partial charge in [-0.05, 0) is 37.8 Å². The number of guanidine groups is 1. The highest BCUT2D eigenvalue weighted by molar-refractivity contribution is 7.92. The summed E-state index contributed by atoms with van der Waals surface area (Å²) in [5.74, 6) is 0.787. The van der Waals surface area contributed by atoms with E-state index in [0.29, 0.717) is 18.3 Å². The molecule has 8 heteroatoms. The van der Waals surface area contributed by atoms with Gasteiger partial charge in [-0.15, -0.1) is 0 Å². The van der Waals surface area contributed by atoms with Crippen molar-refractivity contribution in [1.29, 1.82) is 0 Å². The SMILES string of the molecule is CCNC(=NCc1ccccc1NS(C)(=O)=O)NC1CCN(C2CCCC2)C1. The van der Waals surface area contributed by atoms with Gasteiger partial charge in [0.2, 0.25) is 10.0 Å². The third-order valence-electron chi connectivity index (χ3n) is 5.47. The molecule has 0 bridgehead atoms. The maximum Gasteiger partial charge on any atom is 0.229 e. The molecule has 2 aliphatic rings. The summed E-state index contributed by atoms with van der Waals surface area (Å²) in [6, 6.07) is 8.55. The molecule has 3 rings (SSSR count). The van der Waals surface area contributed by atoms with Crippen LogP contribution in [-0.4, -0.2) is 57.3 Å². The van der Waals surface area contributed by atoms with Crippen molar-refractivity contribution >= 4 is 21.7 Å². The molecule has 28 heavy (non-hydrogen) atoms. The second kappa shape index (κ2) is 9.60. The first-order valence-electron chi connectivity index (χ1n) is 10.3. The molecule has 0 spiro atoms. The first kappa shape index (κ1) is 20.9. The van der Waals surface area contributed by atoms with Crippen LogP contribution in [0.25, 0.3) is 0 Å². The lowest BCUT2D eigenvalue weighted by molar-refractivity contribution is 0.242. The summed E-state index contributed by atoms with van der Waals surface area (Å²) in [5.41, 5.74) is 1.43. The van der Waals surface area contributed by atoms with Gasteiger partial charge in [-0.1, -0.05) is 31.0 Å². The molecule has 7 nitrogen and oxygen atoms in total. The Labute approximate surface area is 169 Å². The van der Waals surface area contributed by atoms with Crippen molar-refractivity contribution < 1.29 is 8.42 Å². The summed E-state index contributed by atoms with van der Waals surface area (Å²) in [6.45, 7) is 5.47. The Morgan fingerprint density at radius 3 is 2.68 bits per heavy atom. The molecule has 1 saturated heterocycles. The van der Waals surface area contributed by atoms with E-state index >= 15 is 0 Å². The molecule has 3 N–H and O–H groups in total. The minimum Gasteiger partial charge on any atom is -0.357 e. The molecule has 2 fully saturated rings. The van der Waals surface area contributed by atoms with E-state index in [-0.39, 0.29) is 0 Å². The first-order valence-corrected chi connectivity index (χ1v) is 12.2. The molecule has 1 aliphatic heterocycles. The third-order valence-corrected chi connectivity index (χ3v) is 6.06. The second-order valence-electron chi connectivity index (χ2n) is 7.79. The van der Waals surface area contributed by atoms with Gasteiger partial charge in [0.05, 0.1) is 18.5 Å². The van der Waals surface area contributed by atoms with Crippen LogP contribution in [0.2, 0.25) is 0 Å². The predicted octanol–water partition coefficient (Wildman–Crippen LogP) is 2.13. The van der Waals surface area contributed by atoms with Gasteiger partial charge in [0.15, 0.2) is 5.96 Å². The monoisotopic (exact) mass is 407 g/mol. The van der Waals surface area contributed by atoms with Crippen molar-refractivity contribution in [1.82, 2.24) is 15.5 Å². The lowest BCUT2D eigenvalue weighted by atomic mass is 10.2. The smallest absolute Gasteiger partial charge is 0.229 e. The fourth-order valence-corrected chi connectivity index (χ4v) is 4.74. The number of nitrogens with one attached hydrogen (secondary N) is 3. The minimum absolute atomic E-state index is 0.405. The molecule has 1 heterocycles. The fourth-order valence-electron chi connectivity index (χ4n) is 4.14. The second-order valence-corrected chi connectivity index (χ2v) is 9.54. The van der Waals surface area contributed by atoms with Gasteiger partial charge in [-0.25, -0.2) is 13.4 Å². The summed E-state index contributed by atoms with van der Waals surface area (Å²) >= 11 is 0. The highest BCUT2D eigenvalue weighted by Gasteiger charge is 2.30. The van der Waals surface area contributed by atoms with Crippen LogP contribution in [0.1, 0.15) is 44.6 Å². The highest BCUT2D eigenvalue weighted by atomic mass is 32.2. The fraction of sp³-hybridized carbons (Fsp3) is 0.650. The number of likely N-dealkylation sites (tertiary alicyclic amines) is 1. The normalized spacial score (nSPS) is 21.8. The lowest BCUT2D eigenvalue weighted by Crippen LogP contribution is -2.45. The summed E-state index contributed by atoms with van der Waals surface area (Å²) in [7, 11) is -3.32. The van der Waals surface area contributed by atoms with Crippen molar-refractivity contribution in [2.75, 3.05) is 30.6 Å². The topological polar surface area (TPSA) is 85.8 Å². The van der Waals surface area contributed by atoms with Gasteiger partial charge in [0, 0.05) is 31.7 Å². The summed E-state index contributed by atoms with van der Waals surface area (Å²) in [4.78, 5) is 7.33. The van der Waals surface area contributed by atoms with Crippen LogP contribution in [0.3, 0.4) is 0 Å². The Bertz CT molecular complexity index is 775. The van der Waals surface area contributed by atoms with E-state index in [9.17, 15) is 8.42 Å². The third kappa shape index (κ3) is 6.10. The number of sulfonamides is 1. The van der Waals surface area contributed by atoms with Gasteiger partial charge < -0.3 is 10.6 Å². The Kier molecular flexibility index (Phi) is 7.18. The van der Waals surface area contributed by atoms with E-state index in [0.717, 1.165) is 49.9 Å². The van der Waals surface area contributed by atoms with E-state index in [2.05, 4.69) is 27.2 Å². The molecule has 1 aromatic carbocycles. The molecule has 1 aliphatic carbocycles. The minimum atomic E-state index is -3.32. The van der Waals surface area contributed by atoms with E-state index in [1.807, 2.05) is 18.2 Å². The largest absolute Gasteiger partial charge is 0.357 e. The zero-order valence-electron chi connectivity index (χ0n) is 16.9. The molecule has 1 aromatic rings. The molecule has 156 valence electrons. The van der Waals surface area contributed by atoms with Crippen LogP contribution in [0.15, 0.2) is 29.3 Å². The van der Waals surface area contributed by atoms with Crippen molar-refractivity contribution in [3.63, 3.8) is 0 Å². The number of aliphatic imine (C=N–C) groups is 1. The maximum absolute atomic E-state index is 11.6. The van der Waals surface area contributed by atoms with Crippen LogP contribution in [0.4, 0.5) is 5.69 Å². The summed E-state index contributed by atoms with van der Waals surface area (Å²) < 4.78 is 25.7. The van der Waals surface area contributed by atoms with E-state index in [1.165, 1.54) is 25.7 Å². The van der Waals surface area contributed by atoms with Gasteiger partial charge in [-0.3, -0.25) is 9.62 Å². The quantitative estimate of drug-likeness (QED) is 0.476. The Balaban J connectivity index is 1.62. The number of nitrogens with zero attached hydrogens (tertiary/aromatic N) is 2. The molecule has 1 saturated carbocycles. The van der Waals surface area contributed by atoms with Crippen molar-refractivity contribution in [2.45, 2.75) is 57.7 Å². The van der Waals surface area contributed by atoms with Crippen LogP contribution in [0, 0.1) is 0 Å². The van der Waals surface area contributed by atoms with E-state index in [4.69, 9.17) is 4.99 Å². The number of hydrogen-bond donors (Lipinski definition) is 3. The molecule has 0 aromatic heterocycles. The van der Waals surface area contributed by atoms with E-state index < -0.39 is 10.0 Å². The highest BCUT2D eigenvalue weighted by Crippen LogP contribution is 2.26. The number of rotatable bonds is 7. The average molecular weight is 408 g/mol. The lowest BCUT2D eigenvalue weighted by Gasteiger charge is -2.24. The maximum atomic E-state index is 11.6. The molecule has 0 amide bonds. The zero-order chi connectivity index (χ0) is 20.0. The number of anilines is 1. The van der Waals surface area contributed by atoms with Gasteiger partial charge in [-0.2, -0.15) is 0 Å². The Morgan fingerprint density at radius 1 is 1.21 bits per heavy atom. The Morgan fingerprint density at radius 2 is 1.96 bits per heavy atom. The standard InChI is InChI=1S/C20H33N5O2S/c1-3-21-20(23-17-12-13-25(15-17)18-9-5-6-10-18)22-14-16-8-4-7-11-19(16)24-28(2,26)27/h4,7-8,11,17-18,24H,3,5-6,9-10,12-15H2,1-2H3,(H2,21,22,23). The van der Waals surface area contributed by atoms with Crippen LogP contribution in [-0.2, 0) is 16.6 Å². The molecular weight excluding hydrogens is 374 g/mol. The first-order chi connectivity index (χ1) is 13.4. The molecule has 0 radical (unpaired) electrons. The number of hydrogen-bond acceptors (Lipinski definition) is 4. The van der Waals surface area contributed by atoms with E-state index in [1.54, 1.807) is 6.07 Å². The molecule has 1 atom stereocenters. The molecule has 1 unspecified atom stereocenters. The van der Waals surface area contributed by atoms with Crippen molar-refractivity contribution in [3.05, 3.63) is 29.8 Å². The predicted molar refractivity (Wildman–Crippen MR) is 115 cm³/mol. The van der Waals surface area contributed by atoms with Crippen molar-refractivity contribution in [3.8, 4) is 0 Å². The van der Waals surface area contributed by atoms with Crippen LogP contribution in [0.5, 0.6) is 0 Å². The van der Waals surface area contributed by atoms with Crippen LogP contribution >= 0.6 is 0 Å². The number of benzene rings is 1. The zero-order valence-corrected chi connectivity index (χ0v) is 17.8. The molecular formula is C20H33N5O2S. The summed E-state index contributed by atoms with van der Waals surface area (Å²) in [6.07, 6.45) is 7.70. The number of para-hydroxylation sites is 1. The average Bonchev–Trinajstić information content (AvgIpc) is 3.31. The van der Waals surface area contributed by atoms with Gasteiger partial charge >= 0.3 is 0 Å². The Hall–Kier alpha value is -1.80. The van der Waals surface area contributed by atoms with Crippen LogP contribution < -0.4 is 15.4 Å². The van der Waals surface area contributed by atoms with Gasteiger partial charge in [0.1, 0.15) is 0 Å². The van der Waals surface area contributed by atoms with Crippen molar-refractivity contribution in [2.24, 2.45) is 4.99 Å².